The lowest BCUT2D eigenvalue weighted by atomic mass is 10.1. The molecule has 4 nitrogen and oxygen atoms in total. The smallest absolute Gasteiger partial charge is 0.239 e. The van der Waals surface area contributed by atoms with Gasteiger partial charge in [-0.3, -0.25) is 9.69 Å². The molecule has 4 heteroatoms. The van der Waals surface area contributed by atoms with Crippen molar-refractivity contribution >= 4 is 5.91 Å². The molecule has 0 aliphatic carbocycles. The molecule has 2 rings (SSSR count). The lowest BCUT2D eigenvalue weighted by Gasteiger charge is -2.35. The summed E-state index contributed by atoms with van der Waals surface area (Å²) in [5, 5.41) is 0. The minimum atomic E-state index is -0.319. The van der Waals surface area contributed by atoms with Gasteiger partial charge in [0.2, 0.25) is 5.91 Å². The number of carbonyl (C=O) groups is 1. The van der Waals surface area contributed by atoms with Gasteiger partial charge in [0.1, 0.15) is 0 Å². The summed E-state index contributed by atoms with van der Waals surface area (Å²) in [5.41, 5.74) is 7.24. The molecule has 1 aliphatic rings. The van der Waals surface area contributed by atoms with Crippen molar-refractivity contribution in [1.82, 2.24) is 9.80 Å². The summed E-state index contributed by atoms with van der Waals surface area (Å²) in [4.78, 5) is 16.4. The molecule has 1 saturated heterocycles. The van der Waals surface area contributed by atoms with E-state index in [9.17, 15) is 4.79 Å². The Labute approximate surface area is 121 Å². The van der Waals surface area contributed by atoms with E-state index in [1.54, 1.807) is 0 Å². The Morgan fingerprint density at radius 3 is 2.45 bits per heavy atom. The first-order valence-electron chi connectivity index (χ1n) is 7.51. The van der Waals surface area contributed by atoms with Crippen molar-refractivity contribution in [3.63, 3.8) is 0 Å². The van der Waals surface area contributed by atoms with Crippen LogP contribution in [0, 0.1) is 0 Å². The third-order valence-electron chi connectivity index (χ3n) is 3.85. The number of carbonyl (C=O) groups excluding carboxylic acids is 1. The maximum atomic E-state index is 12.1. The third kappa shape index (κ3) is 4.05. The quantitative estimate of drug-likeness (QED) is 0.885. The monoisotopic (exact) mass is 275 g/mol. The third-order valence-corrected chi connectivity index (χ3v) is 3.85. The maximum Gasteiger partial charge on any atom is 0.239 e. The molecule has 110 valence electrons. The van der Waals surface area contributed by atoms with Gasteiger partial charge in [-0.05, 0) is 12.0 Å². The molecular weight excluding hydrogens is 250 g/mol. The van der Waals surface area contributed by atoms with Crippen molar-refractivity contribution in [3.05, 3.63) is 35.9 Å². The van der Waals surface area contributed by atoms with Crippen LogP contribution in [-0.4, -0.2) is 47.9 Å². The second-order valence-electron chi connectivity index (χ2n) is 5.48. The normalized spacial score (nSPS) is 18.0. The van der Waals surface area contributed by atoms with Crippen LogP contribution in [0.1, 0.15) is 25.3 Å². The van der Waals surface area contributed by atoms with E-state index in [2.05, 4.69) is 36.1 Å². The van der Waals surface area contributed by atoms with Gasteiger partial charge < -0.3 is 10.6 Å². The highest BCUT2D eigenvalue weighted by Crippen LogP contribution is 2.10. The predicted molar refractivity (Wildman–Crippen MR) is 81.2 cm³/mol. The van der Waals surface area contributed by atoms with E-state index in [-0.39, 0.29) is 11.9 Å². The standard InChI is InChI=1S/C16H25N3O/c1-2-6-15(17)16(20)19-11-9-18(10-12-19)13-14-7-4-3-5-8-14/h3-5,7-8,15H,2,6,9-13,17H2,1H3. The molecule has 1 aromatic carbocycles. The number of piperazine rings is 1. The average Bonchev–Trinajstić information content (AvgIpc) is 2.48. The van der Waals surface area contributed by atoms with Crippen LogP contribution in [0.2, 0.25) is 0 Å². The van der Waals surface area contributed by atoms with Crippen LogP contribution in [0.5, 0.6) is 0 Å². The fourth-order valence-corrected chi connectivity index (χ4v) is 2.64. The number of hydrogen-bond donors (Lipinski definition) is 1. The topological polar surface area (TPSA) is 49.6 Å². The Bertz CT molecular complexity index is 413. The number of amides is 1. The van der Waals surface area contributed by atoms with Gasteiger partial charge in [-0.2, -0.15) is 0 Å². The molecule has 1 heterocycles. The fourth-order valence-electron chi connectivity index (χ4n) is 2.64. The van der Waals surface area contributed by atoms with E-state index in [4.69, 9.17) is 5.73 Å². The first-order chi connectivity index (χ1) is 9.70. The van der Waals surface area contributed by atoms with Crippen LogP contribution in [-0.2, 0) is 11.3 Å². The second kappa shape index (κ2) is 7.41. The van der Waals surface area contributed by atoms with E-state index >= 15 is 0 Å². The Kier molecular flexibility index (Phi) is 5.56. The van der Waals surface area contributed by atoms with Gasteiger partial charge in [-0.15, -0.1) is 0 Å². The summed E-state index contributed by atoms with van der Waals surface area (Å²) >= 11 is 0. The molecule has 20 heavy (non-hydrogen) atoms. The summed E-state index contributed by atoms with van der Waals surface area (Å²) in [7, 11) is 0. The summed E-state index contributed by atoms with van der Waals surface area (Å²) < 4.78 is 0. The molecule has 0 radical (unpaired) electrons. The lowest BCUT2D eigenvalue weighted by Crippen LogP contribution is -2.52. The van der Waals surface area contributed by atoms with E-state index in [1.165, 1.54) is 5.56 Å². The van der Waals surface area contributed by atoms with Gasteiger partial charge in [-0.1, -0.05) is 43.7 Å². The number of hydrogen-bond acceptors (Lipinski definition) is 3. The Morgan fingerprint density at radius 2 is 1.85 bits per heavy atom. The minimum Gasteiger partial charge on any atom is -0.339 e. The molecule has 0 aromatic heterocycles. The van der Waals surface area contributed by atoms with Crippen molar-refractivity contribution in [2.45, 2.75) is 32.4 Å². The van der Waals surface area contributed by atoms with E-state index < -0.39 is 0 Å². The average molecular weight is 275 g/mol. The van der Waals surface area contributed by atoms with Crippen LogP contribution in [0.4, 0.5) is 0 Å². The van der Waals surface area contributed by atoms with E-state index in [0.717, 1.165) is 45.6 Å². The number of nitrogens with zero attached hydrogens (tertiary/aromatic N) is 2. The minimum absolute atomic E-state index is 0.117. The summed E-state index contributed by atoms with van der Waals surface area (Å²) in [6, 6.07) is 10.1. The zero-order valence-corrected chi connectivity index (χ0v) is 12.3. The molecule has 1 fully saturated rings. The zero-order chi connectivity index (χ0) is 14.4. The van der Waals surface area contributed by atoms with Crippen LogP contribution < -0.4 is 5.73 Å². The van der Waals surface area contributed by atoms with Crippen molar-refractivity contribution in [2.24, 2.45) is 5.73 Å². The van der Waals surface area contributed by atoms with Crippen LogP contribution in [0.25, 0.3) is 0 Å². The lowest BCUT2D eigenvalue weighted by molar-refractivity contribution is -0.134. The van der Waals surface area contributed by atoms with Gasteiger partial charge in [0, 0.05) is 32.7 Å². The molecular formula is C16H25N3O. The Hall–Kier alpha value is -1.39. The first-order valence-corrected chi connectivity index (χ1v) is 7.51. The van der Waals surface area contributed by atoms with Gasteiger partial charge in [0.05, 0.1) is 6.04 Å². The molecule has 1 aromatic rings. The summed E-state index contributed by atoms with van der Waals surface area (Å²) in [6.07, 6.45) is 1.74. The molecule has 2 N–H and O–H groups in total. The number of benzene rings is 1. The highest BCUT2D eigenvalue weighted by molar-refractivity contribution is 5.81. The first kappa shape index (κ1) is 15.0. The zero-order valence-electron chi connectivity index (χ0n) is 12.3. The molecule has 0 bridgehead atoms. The van der Waals surface area contributed by atoms with Gasteiger partial charge in [0.15, 0.2) is 0 Å². The largest absolute Gasteiger partial charge is 0.339 e. The molecule has 1 aliphatic heterocycles. The molecule has 1 atom stereocenters. The molecule has 0 saturated carbocycles. The van der Waals surface area contributed by atoms with Crippen molar-refractivity contribution in [3.8, 4) is 0 Å². The second-order valence-corrected chi connectivity index (χ2v) is 5.48. The molecule has 1 unspecified atom stereocenters. The van der Waals surface area contributed by atoms with Crippen LogP contribution in [0.3, 0.4) is 0 Å². The van der Waals surface area contributed by atoms with Gasteiger partial charge >= 0.3 is 0 Å². The van der Waals surface area contributed by atoms with Crippen LogP contribution in [0.15, 0.2) is 30.3 Å². The van der Waals surface area contributed by atoms with Crippen molar-refractivity contribution in [2.75, 3.05) is 26.2 Å². The summed E-state index contributed by atoms with van der Waals surface area (Å²) in [6.45, 7) is 6.47. The predicted octanol–water partition coefficient (Wildman–Crippen LogP) is 1.46. The summed E-state index contributed by atoms with van der Waals surface area (Å²) in [5.74, 6) is 0.117. The molecule has 0 spiro atoms. The molecule has 1 amide bonds. The van der Waals surface area contributed by atoms with Crippen molar-refractivity contribution < 1.29 is 4.79 Å². The van der Waals surface area contributed by atoms with E-state index in [0.29, 0.717) is 0 Å². The Morgan fingerprint density at radius 1 is 1.20 bits per heavy atom. The van der Waals surface area contributed by atoms with Crippen LogP contribution >= 0.6 is 0 Å². The van der Waals surface area contributed by atoms with Gasteiger partial charge in [-0.25, -0.2) is 0 Å². The highest BCUT2D eigenvalue weighted by atomic mass is 16.2. The van der Waals surface area contributed by atoms with Gasteiger partial charge in [0.25, 0.3) is 0 Å². The maximum absolute atomic E-state index is 12.1. The van der Waals surface area contributed by atoms with Crippen molar-refractivity contribution in [1.29, 1.82) is 0 Å². The Balaban J connectivity index is 1.79. The SMILES string of the molecule is CCCC(N)C(=O)N1CCN(Cc2ccccc2)CC1. The number of rotatable bonds is 5. The highest BCUT2D eigenvalue weighted by Gasteiger charge is 2.24. The van der Waals surface area contributed by atoms with E-state index in [1.807, 2.05) is 11.0 Å². The fraction of sp³-hybridized carbons (Fsp3) is 0.562. The number of nitrogens with two attached hydrogens (primary N) is 1.